The van der Waals surface area contributed by atoms with Gasteiger partial charge in [-0.15, -0.1) is 0 Å². The Hall–Kier alpha value is -2.14. The summed E-state index contributed by atoms with van der Waals surface area (Å²) < 4.78 is 11.0. The quantitative estimate of drug-likeness (QED) is 0.916. The summed E-state index contributed by atoms with van der Waals surface area (Å²) in [7, 11) is 0. The standard InChI is InChI=1S/C20H26N2O3/c1-13-17(19(23)21-12-16-6-5-11-24-16)18(25-22-13)14-7-9-15(10-8-14)20(2,3)4/h7-10,16H,5-6,11-12H2,1-4H3,(H,21,23)/t16-/m1/s1. The number of aryl methyl sites for hydroxylation is 1. The average molecular weight is 342 g/mol. The summed E-state index contributed by atoms with van der Waals surface area (Å²) in [4.78, 5) is 12.6. The number of ether oxygens (including phenoxy) is 1. The van der Waals surface area contributed by atoms with Gasteiger partial charge in [-0.05, 0) is 30.7 Å². The van der Waals surface area contributed by atoms with E-state index in [2.05, 4.69) is 43.4 Å². The second-order valence-corrected chi connectivity index (χ2v) is 7.64. The Morgan fingerprint density at radius 1 is 1.28 bits per heavy atom. The smallest absolute Gasteiger partial charge is 0.257 e. The fraction of sp³-hybridized carbons (Fsp3) is 0.500. The first-order valence-corrected chi connectivity index (χ1v) is 8.83. The van der Waals surface area contributed by atoms with Crippen molar-refractivity contribution in [3.05, 3.63) is 41.1 Å². The summed E-state index contributed by atoms with van der Waals surface area (Å²) >= 11 is 0. The minimum atomic E-state index is -0.163. The van der Waals surface area contributed by atoms with Crippen LogP contribution in [0.4, 0.5) is 0 Å². The molecule has 1 aliphatic heterocycles. The van der Waals surface area contributed by atoms with Gasteiger partial charge in [0, 0.05) is 18.7 Å². The highest BCUT2D eigenvalue weighted by Crippen LogP contribution is 2.29. The van der Waals surface area contributed by atoms with Gasteiger partial charge < -0.3 is 14.6 Å². The zero-order chi connectivity index (χ0) is 18.0. The highest BCUT2D eigenvalue weighted by atomic mass is 16.5. The lowest BCUT2D eigenvalue weighted by molar-refractivity contribution is 0.0857. The molecule has 1 aliphatic rings. The molecule has 1 fully saturated rings. The van der Waals surface area contributed by atoms with Crippen LogP contribution in [0, 0.1) is 6.92 Å². The van der Waals surface area contributed by atoms with Crippen LogP contribution in [0.5, 0.6) is 0 Å². The van der Waals surface area contributed by atoms with Gasteiger partial charge in [0.25, 0.3) is 5.91 Å². The molecule has 0 saturated carbocycles. The summed E-state index contributed by atoms with van der Waals surface area (Å²) in [6, 6.07) is 8.11. The Labute approximate surface area is 148 Å². The first-order chi connectivity index (χ1) is 11.9. The summed E-state index contributed by atoms with van der Waals surface area (Å²) in [5.41, 5.74) is 3.27. The van der Waals surface area contributed by atoms with Gasteiger partial charge in [0.15, 0.2) is 5.76 Å². The molecule has 1 amide bonds. The molecule has 3 rings (SSSR count). The minimum Gasteiger partial charge on any atom is -0.376 e. The molecular formula is C20H26N2O3. The molecule has 1 aromatic carbocycles. The SMILES string of the molecule is Cc1noc(-c2ccc(C(C)(C)C)cc2)c1C(=O)NC[C@H]1CCCO1. The Bertz CT molecular complexity index is 735. The van der Waals surface area contributed by atoms with E-state index in [0.29, 0.717) is 23.6 Å². The van der Waals surface area contributed by atoms with Gasteiger partial charge in [0.05, 0.1) is 11.8 Å². The first kappa shape index (κ1) is 17.7. The van der Waals surface area contributed by atoms with Gasteiger partial charge in [-0.3, -0.25) is 4.79 Å². The van der Waals surface area contributed by atoms with E-state index in [1.54, 1.807) is 6.92 Å². The van der Waals surface area contributed by atoms with Crippen molar-refractivity contribution in [2.45, 2.75) is 52.1 Å². The van der Waals surface area contributed by atoms with Crippen LogP contribution < -0.4 is 5.32 Å². The van der Waals surface area contributed by atoms with Gasteiger partial charge in [-0.1, -0.05) is 50.2 Å². The number of amides is 1. The molecule has 0 bridgehead atoms. The Kier molecular flexibility index (Phi) is 4.95. The molecule has 5 heteroatoms. The van der Waals surface area contributed by atoms with E-state index in [9.17, 15) is 4.79 Å². The van der Waals surface area contributed by atoms with Gasteiger partial charge in [-0.2, -0.15) is 0 Å². The molecule has 25 heavy (non-hydrogen) atoms. The zero-order valence-corrected chi connectivity index (χ0v) is 15.4. The largest absolute Gasteiger partial charge is 0.376 e. The number of nitrogens with one attached hydrogen (secondary N) is 1. The van der Waals surface area contributed by atoms with E-state index >= 15 is 0 Å². The number of benzene rings is 1. The van der Waals surface area contributed by atoms with Crippen LogP contribution in [0.15, 0.2) is 28.8 Å². The number of carbonyl (C=O) groups is 1. The van der Waals surface area contributed by atoms with Crippen LogP contribution >= 0.6 is 0 Å². The highest BCUT2D eigenvalue weighted by molar-refractivity contribution is 6.00. The number of hydrogen-bond donors (Lipinski definition) is 1. The third-order valence-corrected chi connectivity index (χ3v) is 4.62. The monoisotopic (exact) mass is 342 g/mol. The molecular weight excluding hydrogens is 316 g/mol. The predicted molar refractivity (Wildman–Crippen MR) is 96.7 cm³/mol. The Balaban J connectivity index is 1.80. The van der Waals surface area contributed by atoms with Gasteiger partial charge in [0.1, 0.15) is 5.56 Å². The van der Waals surface area contributed by atoms with E-state index in [0.717, 1.165) is 25.0 Å². The molecule has 2 aromatic rings. The van der Waals surface area contributed by atoms with E-state index in [1.165, 1.54) is 5.56 Å². The molecule has 0 radical (unpaired) electrons. The van der Waals surface area contributed by atoms with Crippen LogP contribution in [0.1, 0.15) is 55.2 Å². The summed E-state index contributed by atoms with van der Waals surface area (Å²) in [6.45, 7) is 9.60. The Morgan fingerprint density at radius 3 is 2.60 bits per heavy atom. The van der Waals surface area contributed by atoms with E-state index in [-0.39, 0.29) is 17.4 Å². The fourth-order valence-corrected chi connectivity index (χ4v) is 3.06. The fourth-order valence-electron chi connectivity index (χ4n) is 3.06. The summed E-state index contributed by atoms with van der Waals surface area (Å²) in [6.07, 6.45) is 2.15. The molecule has 0 unspecified atom stereocenters. The van der Waals surface area contributed by atoms with Crippen LogP contribution in [-0.4, -0.2) is 30.3 Å². The van der Waals surface area contributed by atoms with Crippen molar-refractivity contribution >= 4 is 5.91 Å². The van der Waals surface area contributed by atoms with Crippen molar-refractivity contribution < 1.29 is 14.1 Å². The lowest BCUT2D eigenvalue weighted by Gasteiger charge is -2.19. The molecule has 1 atom stereocenters. The predicted octanol–water partition coefficient (Wildman–Crippen LogP) is 3.86. The molecule has 1 aromatic heterocycles. The van der Waals surface area contributed by atoms with Gasteiger partial charge in [0.2, 0.25) is 0 Å². The van der Waals surface area contributed by atoms with Crippen molar-refractivity contribution in [1.82, 2.24) is 10.5 Å². The normalized spacial score (nSPS) is 17.7. The minimum absolute atomic E-state index is 0.0807. The maximum atomic E-state index is 12.6. The molecule has 0 spiro atoms. The van der Waals surface area contributed by atoms with E-state index in [4.69, 9.17) is 9.26 Å². The number of rotatable bonds is 4. The lowest BCUT2D eigenvalue weighted by Crippen LogP contribution is -2.32. The first-order valence-electron chi connectivity index (χ1n) is 8.83. The lowest BCUT2D eigenvalue weighted by atomic mass is 9.86. The summed E-state index contributed by atoms with van der Waals surface area (Å²) in [5.74, 6) is 0.354. The maximum Gasteiger partial charge on any atom is 0.257 e. The Morgan fingerprint density at radius 2 is 2.00 bits per heavy atom. The molecule has 0 aliphatic carbocycles. The van der Waals surface area contributed by atoms with Crippen LogP contribution in [0.25, 0.3) is 11.3 Å². The second kappa shape index (κ2) is 7.00. The molecule has 1 saturated heterocycles. The van der Waals surface area contributed by atoms with Gasteiger partial charge >= 0.3 is 0 Å². The van der Waals surface area contributed by atoms with Crippen LogP contribution in [-0.2, 0) is 10.2 Å². The molecule has 134 valence electrons. The van der Waals surface area contributed by atoms with Crippen LogP contribution in [0.3, 0.4) is 0 Å². The van der Waals surface area contributed by atoms with Crippen LogP contribution in [0.2, 0.25) is 0 Å². The van der Waals surface area contributed by atoms with Crippen molar-refractivity contribution in [3.8, 4) is 11.3 Å². The van der Waals surface area contributed by atoms with Gasteiger partial charge in [-0.25, -0.2) is 0 Å². The number of aromatic nitrogens is 1. The molecule has 5 nitrogen and oxygen atoms in total. The maximum absolute atomic E-state index is 12.6. The average Bonchev–Trinajstić information content (AvgIpc) is 3.21. The molecule has 2 heterocycles. The topological polar surface area (TPSA) is 64.4 Å². The van der Waals surface area contributed by atoms with Crippen molar-refractivity contribution in [2.75, 3.05) is 13.2 Å². The number of nitrogens with zero attached hydrogens (tertiary/aromatic N) is 1. The van der Waals surface area contributed by atoms with Crippen molar-refractivity contribution in [2.24, 2.45) is 0 Å². The van der Waals surface area contributed by atoms with Crippen molar-refractivity contribution in [1.29, 1.82) is 0 Å². The second-order valence-electron chi connectivity index (χ2n) is 7.64. The number of carbonyl (C=O) groups excluding carboxylic acids is 1. The molecule has 1 N–H and O–H groups in total. The zero-order valence-electron chi connectivity index (χ0n) is 15.4. The highest BCUT2D eigenvalue weighted by Gasteiger charge is 2.24. The third kappa shape index (κ3) is 3.93. The van der Waals surface area contributed by atoms with E-state index in [1.807, 2.05) is 12.1 Å². The number of hydrogen-bond acceptors (Lipinski definition) is 4. The van der Waals surface area contributed by atoms with E-state index < -0.39 is 0 Å². The third-order valence-electron chi connectivity index (χ3n) is 4.62. The summed E-state index contributed by atoms with van der Waals surface area (Å²) in [5, 5.41) is 6.95. The van der Waals surface area contributed by atoms with Crippen molar-refractivity contribution in [3.63, 3.8) is 0 Å².